The molecule has 0 heterocycles. The van der Waals surface area contributed by atoms with E-state index in [9.17, 15) is 0 Å². The molecule has 0 aromatic heterocycles. The molecule has 0 spiro atoms. The number of rotatable bonds is 36. The molecule has 0 aromatic rings. The van der Waals surface area contributed by atoms with Crippen molar-refractivity contribution in [2.45, 2.75) is 261 Å². The van der Waals surface area contributed by atoms with Crippen LogP contribution in [-0.4, -0.2) is 25.1 Å². The molecular formula is C43H89BSn. The molecule has 0 aliphatic carbocycles. The molecule has 0 aliphatic heterocycles. The third-order valence-electron chi connectivity index (χ3n) is 11.2. The van der Waals surface area contributed by atoms with Gasteiger partial charge in [0.05, 0.1) is 0 Å². The molecule has 0 saturated heterocycles. The average molecular weight is 736 g/mol. The first kappa shape index (κ1) is 45.6. The van der Waals surface area contributed by atoms with Crippen LogP contribution in [0.4, 0.5) is 0 Å². The second-order valence-corrected chi connectivity index (χ2v) is 28.7. The normalized spacial score (nSPS) is 12.6. The molecule has 268 valence electrons. The van der Waals surface area contributed by atoms with Crippen molar-refractivity contribution in [3.05, 3.63) is 9.06 Å². The van der Waals surface area contributed by atoms with E-state index in [1.165, 1.54) is 199 Å². The molecule has 0 aliphatic rings. The van der Waals surface area contributed by atoms with Crippen LogP contribution in [0.3, 0.4) is 0 Å². The molecule has 0 saturated carbocycles. The Morgan fingerprint density at radius 2 is 0.644 bits per heavy atom. The van der Waals surface area contributed by atoms with E-state index in [1.54, 1.807) is 13.3 Å². The quantitative estimate of drug-likeness (QED) is 0.0444. The van der Waals surface area contributed by atoms with Crippen molar-refractivity contribution >= 4 is 25.1 Å². The number of hydrogen-bond acceptors (Lipinski definition) is 0. The second-order valence-electron chi connectivity index (χ2n) is 15.4. The van der Waals surface area contributed by atoms with E-state index in [0.29, 0.717) is 0 Å². The summed E-state index contributed by atoms with van der Waals surface area (Å²) in [6.45, 7) is 17.9. The SMILES string of the molecule is CCCCCCCC/[C](=C(\CCCCCCC)B(CCCCCCC)CCCCCCC)[Sn]([CH2]CCC)([CH2]CCC)[CH2]CCC. The summed E-state index contributed by atoms with van der Waals surface area (Å²) in [4.78, 5) is 0. The van der Waals surface area contributed by atoms with Crippen molar-refractivity contribution in [3.63, 3.8) is 0 Å². The van der Waals surface area contributed by atoms with Gasteiger partial charge in [-0.15, -0.1) is 0 Å². The molecule has 0 unspecified atom stereocenters. The summed E-state index contributed by atoms with van der Waals surface area (Å²) in [6.07, 6.45) is 45.3. The van der Waals surface area contributed by atoms with E-state index in [0.717, 1.165) is 6.71 Å². The molecule has 2 heteroatoms. The van der Waals surface area contributed by atoms with Gasteiger partial charge in [-0.25, -0.2) is 0 Å². The zero-order valence-corrected chi connectivity index (χ0v) is 36.0. The Morgan fingerprint density at radius 3 is 1.02 bits per heavy atom. The zero-order valence-electron chi connectivity index (χ0n) is 33.1. The Morgan fingerprint density at radius 1 is 0.333 bits per heavy atom. The molecule has 45 heavy (non-hydrogen) atoms. The maximum absolute atomic E-state index is 2.52. The standard InChI is InChI=1S/C31H62B.3C4H9.Sn/c1-5-9-13-17-18-20-24-28-31(27-23-19-14-10-6-2)32(29-25-21-15-11-7-3)30-26-22-16-12-8-4;3*1-3-4-2;/h5-27,29-30H2,1-4H3;3*1,3-4H2,2H3;. The van der Waals surface area contributed by atoms with Crippen molar-refractivity contribution in [2.24, 2.45) is 0 Å². The van der Waals surface area contributed by atoms with Gasteiger partial charge in [0.2, 0.25) is 0 Å². The van der Waals surface area contributed by atoms with Gasteiger partial charge in [-0.3, -0.25) is 0 Å². The summed E-state index contributed by atoms with van der Waals surface area (Å²) in [5.41, 5.74) is 2.14. The van der Waals surface area contributed by atoms with Gasteiger partial charge in [-0.2, -0.15) is 0 Å². The van der Waals surface area contributed by atoms with Gasteiger partial charge in [0.15, 0.2) is 0 Å². The molecule has 0 N–H and O–H groups in total. The predicted molar refractivity (Wildman–Crippen MR) is 216 cm³/mol. The maximum atomic E-state index is 2.48. The minimum absolute atomic E-state index is 0.912. The number of hydrogen-bond donors (Lipinski definition) is 0. The molecule has 0 aromatic carbocycles. The van der Waals surface area contributed by atoms with Crippen LogP contribution in [0.5, 0.6) is 0 Å². The fraction of sp³-hybridized carbons (Fsp3) is 0.953. The van der Waals surface area contributed by atoms with E-state index in [2.05, 4.69) is 57.5 Å². The van der Waals surface area contributed by atoms with Crippen molar-refractivity contribution in [1.82, 2.24) is 0 Å². The Hall–Kier alpha value is 0.604. The fourth-order valence-electron chi connectivity index (χ4n) is 8.22. The van der Waals surface area contributed by atoms with Crippen molar-refractivity contribution in [3.8, 4) is 0 Å². The van der Waals surface area contributed by atoms with E-state index < -0.39 is 18.4 Å². The molecule has 0 amide bonds. The molecule has 0 fully saturated rings. The van der Waals surface area contributed by atoms with Crippen LogP contribution >= 0.6 is 0 Å². The molecule has 0 rings (SSSR count). The van der Waals surface area contributed by atoms with E-state index in [-0.39, 0.29) is 0 Å². The van der Waals surface area contributed by atoms with Crippen molar-refractivity contribution in [1.29, 1.82) is 0 Å². The zero-order chi connectivity index (χ0) is 33.3. The van der Waals surface area contributed by atoms with Gasteiger partial charge < -0.3 is 0 Å². The Balaban J connectivity index is 6.80. The summed E-state index contributed by atoms with van der Waals surface area (Å²) >= 11 is -2.52. The van der Waals surface area contributed by atoms with Gasteiger partial charge in [0.25, 0.3) is 0 Å². The van der Waals surface area contributed by atoms with Crippen molar-refractivity contribution in [2.75, 3.05) is 0 Å². The molecule has 0 nitrogen and oxygen atoms in total. The molecule has 0 bridgehead atoms. The second kappa shape index (κ2) is 34.5. The van der Waals surface area contributed by atoms with Gasteiger partial charge >= 0.3 is 295 Å². The first-order valence-electron chi connectivity index (χ1n) is 21.8. The van der Waals surface area contributed by atoms with Crippen LogP contribution in [0.15, 0.2) is 9.06 Å². The van der Waals surface area contributed by atoms with Gasteiger partial charge in [-0.05, 0) is 0 Å². The summed E-state index contributed by atoms with van der Waals surface area (Å²) in [7, 11) is 0. The first-order chi connectivity index (χ1) is 22.1. The number of allylic oxidation sites excluding steroid dienone is 2. The topological polar surface area (TPSA) is 0 Å². The first-order valence-corrected chi connectivity index (χ1v) is 29.3. The van der Waals surface area contributed by atoms with Gasteiger partial charge in [-0.1, -0.05) is 0 Å². The third-order valence-corrected chi connectivity index (χ3v) is 27.7. The molecule has 0 atom stereocenters. The summed E-state index contributed by atoms with van der Waals surface area (Å²) in [5.74, 6) is 0. The fourth-order valence-corrected chi connectivity index (χ4v) is 26.7. The number of unbranched alkanes of at least 4 members (excludes halogenated alkanes) is 20. The average Bonchev–Trinajstić information content (AvgIpc) is 3.05. The van der Waals surface area contributed by atoms with Crippen LogP contribution < -0.4 is 0 Å². The summed E-state index contributed by atoms with van der Waals surface area (Å²) < 4.78 is 7.30. The van der Waals surface area contributed by atoms with E-state index in [4.69, 9.17) is 0 Å². The molecular weight excluding hydrogens is 646 g/mol. The van der Waals surface area contributed by atoms with E-state index >= 15 is 0 Å². The minimum atomic E-state index is -2.52. The van der Waals surface area contributed by atoms with Gasteiger partial charge in [0.1, 0.15) is 0 Å². The predicted octanol–water partition coefficient (Wildman–Crippen LogP) is 16.8. The summed E-state index contributed by atoms with van der Waals surface area (Å²) in [5, 5.41) is 0. The van der Waals surface area contributed by atoms with Crippen LogP contribution in [0.2, 0.25) is 26.0 Å². The van der Waals surface area contributed by atoms with Crippen LogP contribution in [0.25, 0.3) is 0 Å². The van der Waals surface area contributed by atoms with Gasteiger partial charge in [0, 0.05) is 0 Å². The Kier molecular flexibility index (Phi) is 34.9. The monoisotopic (exact) mass is 737 g/mol. The molecule has 0 radical (unpaired) electrons. The Bertz CT molecular complexity index is 590. The van der Waals surface area contributed by atoms with Crippen LogP contribution in [0.1, 0.15) is 235 Å². The van der Waals surface area contributed by atoms with Crippen LogP contribution in [0, 0.1) is 0 Å². The summed E-state index contributed by atoms with van der Waals surface area (Å²) in [6, 6.07) is 0. The van der Waals surface area contributed by atoms with Crippen molar-refractivity contribution < 1.29 is 0 Å². The Labute approximate surface area is 293 Å². The van der Waals surface area contributed by atoms with E-state index in [1.807, 2.05) is 0 Å². The third kappa shape index (κ3) is 23.6. The van der Waals surface area contributed by atoms with Crippen LogP contribution in [-0.2, 0) is 0 Å².